The minimum Gasteiger partial charge on any atom is -0.324 e. The van der Waals surface area contributed by atoms with Crippen LogP contribution in [0.5, 0.6) is 0 Å². The van der Waals surface area contributed by atoms with Crippen molar-refractivity contribution in [3.63, 3.8) is 0 Å². The van der Waals surface area contributed by atoms with Crippen molar-refractivity contribution in [3.05, 3.63) is 60.2 Å². The molecular formula is C13H14N4O. The summed E-state index contributed by atoms with van der Waals surface area (Å²) in [6.45, 7) is 0. The van der Waals surface area contributed by atoms with Crippen LogP contribution in [0.25, 0.3) is 0 Å². The molecule has 0 unspecified atom stereocenters. The zero-order valence-corrected chi connectivity index (χ0v) is 9.68. The molecule has 1 amide bonds. The Morgan fingerprint density at radius 2 is 1.56 bits per heavy atom. The Kier molecular flexibility index (Phi) is 3.78. The highest BCUT2D eigenvalue weighted by Gasteiger charge is 2.04. The summed E-state index contributed by atoms with van der Waals surface area (Å²) in [5.74, 6) is 5.04. The van der Waals surface area contributed by atoms with Gasteiger partial charge in [0.15, 0.2) is 0 Å². The van der Waals surface area contributed by atoms with E-state index in [1.165, 1.54) is 0 Å². The molecule has 0 aliphatic carbocycles. The molecule has 2 aromatic rings. The number of carbonyl (C=O) groups excluding carboxylic acids is 1. The number of para-hydroxylation sites is 1. The number of hydrogen-bond donors (Lipinski definition) is 4. The van der Waals surface area contributed by atoms with Crippen LogP contribution < -0.4 is 22.1 Å². The monoisotopic (exact) mass is 242 g/mol. The Morgan fingerprint density at radius 3 is 2.17 bits per heavy atom. The standard InChI is InChI=1S/C13H14N4O/c14-15-11-8-6-10(7-9-11)13(18)17-16-12-4-2-1-3-5-12/h1-9,15-16H,14H2,(H,17,18). The van der Waals surface area contributed by atoms with E-state index in [0.717, 1.165) is 11.4 Å². The molecule has 0 fully saturated rings. The molecule has 0 heterocycles. The van der Waals surface area contributed by atoms with E-state index in [1.807, 2.05) is 30.3 Å². The minimum atomic E-state index is -0.206. The highest BCUT2D eigenvalue weighted by atomic mass is 16.2. The van der Waals surface area contributed by atoms with Crippen LogP contribution in [0.3, 0.4) is 0 Å². The summed E-state index contributed by atoms with van der Waals surface area (Å²) in [5.41, 5.74) is 10.1. The number of hydrogen-bond acceptors (Lipinski definition) is 4. The van der Waals surface area contributed by atoms with E-state index >= 15 is 0 Å². The highest BCUT2D eigenvalue weighted by molar-refractivity contribution is 5.95. The van der Waals surface area contributed by atoms with Crippen molar-refractivity contribution in [1.82, 2.24) is 5.43 Å². The molecule has 0 bridgehead atoms. The molecule has 0 radical (unpaired) electrons. The van der Waals surface area contributed by atoms with Crippen molar-refractivity contribution in [2.45, 2.75) is 0 Å². The van der Waals surface area contributed by atoms with Crippen LogP contribution in [0.4, 0.5) is 11.4 Å². The van der Waals surface area contributed by atoms with Crippen molar-refractivity contribution in [3.8, 4) is 0 Å². The molecule has 2 rings (SSSR count). The number of rotatable bonds is 4. The SMILES string of the molecule is NNc1ccc(C(=O)NNc2ccccc2)cc1. The second-order valence-electron chi connectivity index (χ2n) is 3.67. The molecule has 0 saturated heterocycles. The lowest BCUT2D eigenvalue weighted by atomic mass is 10.2. The van der Waals surface area contributed by atoms with Gasteiger partial charge in [-0.05, 0) is 36.4 Å². The predicted octanol–water partition coefficient (Wildman–Crippen LogP) is 1.73. The van der Waals surface area contributed by atoms with E-state index in [9.17, 15) is 4.79 Å². The van der Waals surface area contributed by atoms with Gasteiger partial charge in [-0.3, -0.25) is 21.5 Å². The maximum absolute atomic E-state index is 11.8. The smallest absolute Gasteiger partial charge is 0.269 e. The summed E-state index contributed by atoms with van der Waals surface area (Å²) >= 11 is 0. The average molecular weight is 242 g/mol. The fraction of sp³-hybridized carbons (Fsp3) is 0. The summed E-state index contributed by atoms with van der Waals surface area (Å²) in [6, 6.07) is 16.3. The third-order valence-corrected chi connectivity index (χ3v) is 2.41. The summed E-state index contributed by atoms with van der Waals surface area (Å²) < 4.78 is 0. The van der Waals surface area contributed by atoms with Crippen LogP contribution >= 0.6 is 0 Å². The van der Waals surface area contributed by atoms with Gasteiger partial charge in [0.05, 0.1) is 5.69 Å². The summed E-state index contributed by atoms with van der Waals surface area (Å²) in [4.78, 5) is 11.8. The van der Waals surface area contributed by atoms with Gasteiger partial charge in [0.25, 0.3) is 5.91 Å². The highest BCUT2D eigenvalue weighted by Crippen LogP contribution is 2.08. The van der Waals surface area contributed by atoms with Crippen LogP contribution in [0.15, 0.2) is 54.6 Å². The van der Waals surface area contributed by atoms with Gasteiger partial charge in [-0.15, -0.1) is 0 Å². The van der Waals surface area contributed by atoms with Crippen molar-refractivity contribution in [2.75, 3.05) is 10.9 Å². The first-order valence-corrected chi connectivity index (χ1v) is 5.47. The second kappa shape index (κ2) is 5.70. The Morgan fingerprint density at radius 1 is 0.889 bits per heavy atom. The first-order valence-electron chi connectivity index (χ1n) is 5.47. The Labute approximate surface area is 105 Å². The van der Waals surface area contributed by atoms with E-state index in [4.69, 9.17) is 5.84 Å². The molecule has 0 spiro atoms. The maximum atomic E-state index is 11.8. The zero-order valence-electron chi connectivity index (χ0n) is 9.68. The van der Waals surface area contributed by atoms with Crippen LogP contribution in [0, 0.1) is 0 Å². The van der Waals surface area contributed by atoms with Gasteiger partial charge >= 0.3 is 0 Å². The van der Waals surface area contributed by atoms with Crippen molar-refractivity contribution < 1.29 is 4.79 Å². The van der Waals surface area contributed by atoms with Crippen molar-refractivity contribution in [2.24, 2.45) is 5.84 Å². The molecule has 0 aliphatic heterocycles. The normalized spacial score (nSPS) is 9.61. The number of nitrogens with one attached hydrogen (secondary N) is 3. The number of nitrogen functional groups attached to an aromatic ring is 1. The molecule has 5 heteroatoms. The summed E-state index contributed by atoms with van der Waals surface area (Å²) in [7, 11) is 0. The minimum absolute atomic E-state index is 0.206. The van der Waals surface area contributed by atoms with Crippen LogP contribution in [0.1, 0.15) is 10.4 Å². The molecule has 0 saturated carbocycles. The van der Waals surface area contributed by atoms with Crippen molar-refractivity contribution in [1.29, 1.82) is 0 Å². The number of hydrazine groups is 2. The van der Waals surface area contributed by atoms with Gasteiger partial charge < -0.3 is 5.43 Å². The molecule has 5 N–H and O–H groups in total. The number of benzene rings is 2. The Balaban J connectivity index is 1.95. The van der Waals surface area contributed by atoms with E-state index in [-0.39, 0.29) is 5.91 Å². The van der Waals surface area contributed by atoms with Crippen molar-refractivity contribution >= 4 is 17.3 Å². The quantitative estimate of drug-likeness (QED) is 0.486. The lowest BCUT2D eigenvalue weighted by Gasteiger charge is -2.08. The van der Waals surface area contributed by atoms with Crippen LogP contribution in [0.2, 0.25) is 0 Å². The molecule has 5 nitrogen and oxygen atoms in total. The third-order valence-electron chi connectivity index (χ3n) is 2.41. The van der Waals surface area contributed by atoms with Crippen LogP contribution in [-0.4, -0.2) is 5.91 Å². The number of nitrogens with two attached hydrogens (primary N) is 1. The van der Waals surface area contributed by atoms with E-state index in [2.05, 4.69) is 16.3 Å². The Hall–Kier alpha value is -2.53. The summed E-state index contributed by atoms with van der Waals surface area (Å²) in [5, 5.41) is 0. The van der Waals surface area contributed by atoms with Gasteiger partial charge in [-0.2, -0.15) is 0 Å². The van der Waals surface area contributed by atoms with E-state index in [0.29, 0.717) is 5.56 Å². The Bertz CT molecular complexity index is 510. The number of amides is 1. The van der Waals surface area contributed by atoms with Gasteiger partial charge in [-0.25, -0.2) is 0 Å². The molecule has 0 atom stereocenters. The predicted molar refractivity (Wildman–Crippen MR) is 71.8 cm³/mol. The second-order valence-corrected chi connectivity index (χ2v) is 3.67. The molecular weight excluding hydrogens is 228 g/mol. The van der Waals surface area contributed by atoms with Gasteiger partial charge in [0.2, 0.25) is 0 Å². The third kappa shape index (κ3) is 2.99. The van der Waals surface area contributed by atoms with Crippen LogP contribution in [-0.2, 0) is 0 Å². The van der Waals surface area contributed by atoms with E-state index < -0.39 is 0 Å². The lowest BCUT2D eigenvalue weighted by Crippen LogP contribution is -2.29. The molecule has 2 aromatic carbocycles. The molecule has 92 valence electrons. The topological polar surface area (TPSA) is 79.2 Å². The van der Waals surface area contributed by atoms with E-state index in [1.54, 1.807) is 24.3 Å². The lowest BCUT2D eigenvalue weighted by molar-refractivity contribution is 0.0962. The average Bonchev–Trinajstić information content (AvgIpc) is 2.46. The molecule has 0 aliphatic rings. The van der Waals surface area contributed by atoms with Gasteiger partial charge in [-0.1, -0.05) is 18.2 Å². The number of carbonyl (C=O) groups is 1. The summed E-state index contributed by atoms with van der Waals surface area (Å²) in [6.07, 6.45) is 0. The largest absolute Gasteiger partial charge is 0.324 e. The first-order chi connectivity index (χ1) is 8.79. The first kappa shape index (κ1) is 11.9. The maximum Gasteiger partial charge on any atom is 0.269 e. The van der Waals surface area contributed by atoms with Gasteiger partial charge in [0.1, 0.15) is 0 Å². The van der Waals surface area contributed by atoms with Gasteiger partial charge in [0, 0.05) is 11.3 Å². The zero-order chi connectivity index (χ0) is 12.8. The fourth-order valence-corrected chi connectivity index (χ4v) is 1.44. The fourth-order valence-electron chi connectivity index (χ4n) is 1.44. The molecule has 0 aromatic heterocycles. The number of anilines is 2. The molecule has 18 heavy (non-hydrogen) atoms.